The monoisotopic (exact) mass is 429 g/mol. The molecule has 0 unspecified atom stereocenters. The lowest BCUT2D eigenvalue weighted by molar-refractivity contribution is -0.131. The van der Waals surface area contributed by atoms with Crippen molar-refractivity contribution in [2.45, 2.75) is 6.54 Å². The maximum atomic E-state index is 12.8. The number of likely N-dealkylation sites (N-methyl/N-ethyl adjacent to an activating group) is 1. The van der Waals surface area contributed by atoms with Gasteiger partial charge in [-0.1, -0.05) is 12.1 Å². The largest absolute Gasteiger partial charge is 0.506 e. The van der Waals surface area contributed by atoms with Gasteiger partial charge in [0.15, 0.2) is 11.5 Å². The summed E-state index contributed by atoms with van der Waals surface area (Å²) in [5.74, 6) is 1.99. The lowest BCUT2D eigenvalue weighted by Crippen LogP contribution is -2.49. The Kier molecular flexibility index (Phi) is 7.46. The summed E-state index contributed by atoms with van der Waals surface area (Å²) in [6.07, 6.45) is 0. The van der Waals surface area contributed by atoms with Crippen molar-refractivity contribution in [2.75, 3.05) is 66.0 Å². The molecule has 1 amide bonds. The summed E-state index contributed by atoms with van der Waals surface area (Å²) in [5, 5.41) is 10.1. The first-order valence-electron chi connectivity index (χ1n) is 10.3. The highest BCUT2D eigenvalue weighted by Gasteiger charge is 2.23. The molecule has 0 atom stereocenters. The van der Waals surface area contributed by atoms with E-state index in [1.807, 2.05) is 30.3 Å². The fraction of sp³-hybridized carbons (Fsp3) is 0.435. The Bertz CT molecular complexity index is 897. The average molecular weight is 430 g/mol. The minimum atomic E-state index is 0.0350. The van der Waals surface area contributed by atoms with Gasteiger partial charge in [0.1, 0.15) is 5.75 Å². The number of nitrogens with zero attached hydrogens (tertiary/aromatic N) is 3. The van der Waals surface area contributed by atoms with Gasteiger partial charge < -0.3 is 29.1 Å². The van der Waals surface area contributed by atoms with Crippen LogP contribution in [0.5, 0.6) is 23.0 Å². The molecular weight excluding hydrogens is 398 g/mol. The predicted octanol–water partition coefficient (Wildman–Crippen LogP) is 2.20. The van der Waals surface area contributed by atoms with Crippen molar-refractivity contribution in [1.29, 1.82) is 0 Å². The SMILES string of the molecule is COc1ccc(CN(C)C(=O)CN2CCN(c3ccccc3O)CC2)c(OC)c1OC. The first-order valence-corrected chi connectivity index (χ1v) is 10.3. The summed E-state index contributed by atoms with van der Waals surface area (Å²) in [4.78, 5) is 18.8. The van der Waals surface area contributed by atoms with Gasteiger partial charge in [-0.2, -0.15) is 0 Å². The van der Waals surface area contributed by atoms with Crippen LogP contribution in [0.15, 0.2) is 36.4 Å². The zero-order chi connectivity index (χ0) is 22.4. The van der Waals surface area contributed by atoms with Gasteiger partial charge in [-0.25, -0.2) is 0 Å². The summed E-state index contributed by atoms with van der Waals surface area (Å²) in [6.45, 7) is 3.79. The summed E-state index contributed by atoms with van der Waals surface area (Å²) < 4.78 is 16.3. The Morgan fingerprint density at radius 2 is 1.65 bits per heavy atom. The van der Waals surface area contributed by atoms with Gasteiger partial charge in [-0.15, -0.1) is 0 Å². The molecule has 0 spiro atoms. The number of benzene rings is 2. The zero-order valence-electron chi connectivity index (χ0n) is 18.6. The number of aromatic hydroxyl groups is 1. The smallest absolute Gasteiger partial charge is 0.236 e. The maximum absolute atomic E-state index is 12.8. The van der Waals surface area contributed by atoms with Crippen LogP contribution in [-0.2, 0) is 11.3 Å². The highest BCUT2D eigenvalue weighted by molar-refractivity contribution is 5.78. The van der Waals surface area contributed by atoms with Crippen LogP contribution in [0.2, 0.25) is 0 Å². The fourth-order valence-corrected chi connectivity index (χ4v) is 3.82. The van der Waals surface area contributed by atoms with Crippen molar-refractivity contribution in [3.05, 3.63) is 42.0 Å². The van der Waals surface area contributed by atoms with E-state index in [1.54, 1.807) is 39.3 Å². The molecule has 0 saturated carbocycles. The molecular formula is C23H31N3O5. The molecule has 1 aliphatic rings. The Balaban J connectivity index is 1.58. The third kappa shape index (κ3) is 5.14. The minimum Gasteiger partial charge on any atom is -0.506 e. The van der Waals surface area contributed by atoms with Crippen LogP contribution in [-0.4, -0.2) is 81.9 Å². The van der Waals surface area contributed by atoms with E-state index < -0.39 is 0 Å². The van der Waals surface area contributed by atoms with Gasteiger partial charge >= 0.3 is 0 Å². The number of carbonyl (C=O) groups excluding carboxylic acids is 1. The van der Waals surface area contributed by atoms with Crippen molar-refractivity contribution < 1.29 is 24.1 Å². The second-order valence-electron chi connectivity index (χ2n) is 7.50. The van der Waals surface area contributed by atoms with Gasteiger partial charge in [0.05, 0.1) is 33.6 Å². The summed E-state index contributed by atoms with van der Waals surface area (Å²) >= 11 is 0. The molecule has 168 valence electrons. The third-order valence-electron chi connectivity index (χ3n) is 5.57. The lowest BCUT2D eigenvalue weighted by Gasteiger charge is -2.36. The topological polar surface area (TPSA) is 74.7 Å². The second-order valence-corrected chi connectivity index (χ2v) is 7.50. The van der Waals surface area contributed by atoms with E-state index in [9.17, 15) is 9.90 Å². The molecule has 8 nitrogen and oxygen atoms in total. The fourth-order valence-electron chi connectivity index (χ4n) is 3.82. The molecule has 2 aromatic rings. The number of phenols is 1. The van der Waals surface area contributed by atoms with Crippen LogP contribution in [0.4, 0.5) is 5.69 Å². The predicted molar refractivity (Wildman–Crippen MR) is 119 cm³/mol. The number of amides is 1. The van der Waals surface area contributed by atoms with Crippen LogP contribution < -0.4 is 19.1 Å². The van der Waals surface area contributed by atoms with E-state index in [-0.39, 0.29) is 11.7 Å². The molecule has 1 N–H and O–H groups in total. The summed E-state index contributed by atoms with van der Waals surface area (Å²) in [6, 6.07) is 11.0. The van der Waals surface area contributed by atoms with Crippen LogP contribution in [0, 0.1) is 0 Å². The van der Waals surface area contributed by atoms with Gasteiger partial charge in [0, 0.05) is 45.3 Å². The van der Waals surface area contributed by atoms with Gasteiger partial charge in [0.2, 0.25) is 11.7 Å². The van der Waals surface area contributed by atoms with E-state index in [1.165, 1.54) is 0 Å². The van der Waals surface area contributed by atoms with Crippen molar-refractivity contribution in [3.63, 3.8) is 0 Å². The van der Waals surface area contributed by atoms with Crippen molar-refractivity contribution in [2.24, 2.45) is 0 Å². The van der Waals surface area contributed by atoms with E-state index in [2.05, 4.69) is 9.80 Å². The van der Waals surface area contributed by atoms with Gasteiger partial charge in [-0.3, -0.25) is 9.69 Å². The highest BCUT2D eigenvalue weighted by atomic mass is 16.5. The number of carbonyl (C=O) groups is 1. The third-order valence-corrected chi connectivity index (χ3v) is 5.57. The number of hydrogen-bond acceptors (Lipinski definition) is 7. The van der Waals surface area contributed by atoms with Crippen molar-refractivity contribution >= 4 is 11.6 Å². The Morgan fingerprint density at radius 1 is 0.968 bits per heavy atom. The Morgan fingerprint density at radius 3 is 2.26 bits per heavy atom. The molecule has 31 heavy (non-hydrogen) atoms. The van der Waals surface area contributed by atoms with E-state index >= 15 is 0 Å². The van der Waals surface area contributed by atoms with Crippen molar-refractivity contribution in [1.82, 2.24) is 9.80 Å². The van der Waals surface area contributed by atoms with Crippen LogP contribution in [0.25, 0.3) is 0 Å². The van der Waals surface area contributed by atoms with Crippen LogP contribution >= 0.6 is 0 Å². The number of ether oxygens (including phenoxy) is 3. The number of anilines is 1. The quantitative estimate of drug-likeness (QED) is 0.690. The van der Waals surface area contributed by atoms with E-state index in [4.69, 9.17) is 14.2 Å². The molecule has 1 heterocycles. The zero-order valence-corrected chi connectivity index (χ0v) is 18.6. The number of rotatable bonds is 8. The second kappa shape index (κ2) is 10.3. The van der Waals surface area contributed by atoms with Gasteiger partial charge in [0.25, 0.3) is 0 Å². The number of hydrogen-bond donors (Lipinski definition) is 1. The van der Waals surface area contributed by atoms with E-state index in [0.29, 0.717) is 30.3 Å². The maximum Gasteiger partial charge on any atom is 0.236 e. The molecule has 0 radical (unpaired) electrons. The molecule has 0 aliphatic carbocycles. The number of piperazine rings is 1. The Hall–Kier alpha value is -3.13. The normalized spacial score (nSPS) is 14.3. The summed E-state index contributed by atoms with van der Waals surface area (Å²) in [5.41, 5.74) is 1.69. The molecule has 1 aliphatic heterocycles. The standard InChI is InChI=1S/C23H31N3O5/c1-24(15-17-9-10-20(29-2)23(31-4)22(17)30-3)21(28)16-25-11-13-26(14-12-25)18-7-5-6-8-19(18)27/h5-10,27H,11-16H2,1-4H3. The molecule has 3 rings (SSSR count). The number of para-hydroxylation sites is 2. The number of methoxy groups -OCH3 is 3. The Labute approximate surface area is 183 Å². The van der Waals surface area contributed by atoms with E-state index in [0.717, 1.165) is 37.4 Å². The lowest BCUT2D eigenvalue weighted by atomic mass is 10.1. The van der Waals surface area contributed by atoms with Crippen LogP contribution in [0.1, 0.15) is 5.56 Å². The summed E-state index contributed by atoms with van der Waals surface area (Å²) in [7, 11) is 6.50. The first-order chi connectivity index (χ1) is 15.0. The molecule has 2 aromatic carbocycles. The highest BCUT2D eigenvalue weighted by Crippen LogP contribution is 2.40. The molecule has 0 aromatic heterocycles. The minimum absolute atomic E-state index is 0.0350. The first kappa shape index (κ1) is 22.6. The average Bonchev–Trinajstić information content (AvgIpc) is 2.79. The van der Waals surface area contributed by atoms with Crippen LogP contribution in [0.3, 0.4) is 0 Å². The van der Waals surface area contributed by atoms with Crippen molar-refractivity contribution in [3.8, 4) is 23.0 Å². The van der Waals surface area contributed by atoms with Gasteiger partial charge in [-0.05, 0) is 24.3 Å². The molecule has 1 saturated heterocycles. The molecule has 1 fully saturated rings. The molecule has 0 bridgehead atoms. The molecule has 8 heteroatoms. The number of phenolic OH excluding ortho intramolecular Hbond substituents is 1.